The average molecular weight is 231 g/mol. The summed E-state index contributed by atoms with van der Waals surface area (Å²) in [5.74, 6) is 0. The van der Waals surface area contributed by atoms with Gasteiger partial charge in [0, 0.05) is 16.1 Å². The van der Waals surface area contributed by atoms with Crippen molar-refractivity contribution in [2.45, 2.75) is 11.8 Å². The molecule has 5 heteroatoms. The summed E-state index contributed by atoms with van der Waals surface area (Å²) < 4.78 is 27.5. The Morgan fingerprint density at radius 3 is 2.71 bits per heavy atom. The van der Waals surface area contributed by atoms with E-state index in [0.29, 0.717) is 5.58 Å². The first kappa shape index (κ1) is 9.55. The topological polar surface area (TPSA) is 47.3 Å². The van der Waals surface area contributed by atoms with Crippen LogP contribution in [0.5, 0.6) is 0 Å². The van der Waals surface area contributed by atoms with Crippen LogP contribution in [0.2, 0.25) is 0 Å². The predicted octanol–water partition coefficient (Wildman–Crippen LogP) is 2.67. The Bertz CT molecular complexity index is 583. The fourth-order valence-corrected chi connectivity index (χ4v) is 2.43. The Morgan fingerprint density at radius 1 is 1.36 bits per heavy atom. The molecule has 0 saturated heterocycles. The van der Waals surface area contributed by atoms with Gasteiger partial charge in [-0.2, -0.15) is 0 Å². The zero-order valence-corrected chi connectivity index (χ0v) is 8.89. The van der Waals surface area contributed by atoms with Crippen LogP contribution in [0.1, 0.15) is 5.56 Å². The van der Waals surface area contributed by atoms with Crippen molar-refractivity contribution >= 4 is 30.7 Å². The second kappa shape index (κ2) is 3.00. The lowest BCUT2D eigenvalue weighted by Gasteiger charge is -1.99. The smallest absolute Gasteiger partial charge is 0.265 e. The summed E-state index contributed by atoms with van der Waals surface area (Å²) >= 11 is 0. The number of fused-ring (bicyclic) bond motifs is 1. The normalized spacial score (nSPS) is 12.1. The SMILES string of the molecule is Cc1cc(S(=O)(=O)Cl)c2occc2c1. The Balaban J connectivity index is 2.94. The summed E-state index contributed by atoms with van der Waals surface area (Å²) in [6.45, 7) is 1.80. The summed E-state index contributed by atoms with van der Waals surface area (Å²) in [7, 11) is 1.54. The highest BCUT2D eigenvalue weighted by Gasteiger charge is 2.17. The summed E-state index contributed by atoms with van der Waals surface area (Å²) in [5.41, 5.74) is 1.14. The molecule has 0 saturated carbocycles. The van der Waals surface area contributed by atoms with Crippen molar-refractivity contribution in [3.8, 4) is 0 Å². The van der Waals surface area contributed by atoms with Gasteiger partial charge in [0.2, 0.25) is 0 Å². The molecule has 0 aliphatic rings. The van der Waals surface area contributed by atoms with Crippen LogP contribution in [0.15, 0.2) is 33.8 Å². The molecule has 14 heavy (non-hydrogen) atoms. The largest absolute Gasteiger partial charge is 0.463 e. The number of benzene rings is 1. The number of aryl methyl sites for hydroxylation is 1. The summed E-state index contributed by atoms with van der Waals surface area (Å²) in [5, 5.41) is 0.740. The van der Waals surface area contributed by atoms with Gasteiger partial charge in [0.15, 0.2) is 5.58 Å². The van der Waals surface area contributed by atoms with Gasteiger partial charge in [0.05, 0.1) is 6.26 Å². The number of halogens is 1. The standard InChI is InChI=1S/C9H7ClO3S/c1-6-4-7-2-3-13-9(7)8(5-6)14(10,11)12/h2-5H,1H3. The maximum Gasteiger partial charge on any atom is 0.265 e. The van der Waals surface area contributed by atoms with E-state index in [9.17, 15) is 8.42 Å². The van der Waals surface area contributed by atoms with Gasteiger partial charge in [-0.1, -0.05) is 0 Å². The van der Waals surface area contributed by atoms with Crippen molar-refractivity contribution in [2.75, 3.05) is 0 Å². The Labute approximate surface area is 85.7 Å². The molecule has 3 nitrogen and oxygen atoms in total. The van der Waals surface area contributed by atoms with Crippen LogP contribution in [0.3, 0.4) is 0 Å². The zero-order chi connectivity index (χ0) is 10.3. The van der Waals surface area contributed by atoms with Crippen molar-refractivity contribution in [1.82, 2.24) is 0 Å². The molecular weight excluding hydrogens is 224 g/mol. The number of furan rings is 1. The molecule has 0 atom stereocenters. The first-order valence-electron chi connectivity index (χ1n) is 3.91. The fourth-order valence-electron chi connectivity index (χ4n) is 1.37. The molecular formula is C9H7ClO3S. The van der Waals surface area contributed by atoms with Crippen molar-refractivity contribution < 1.29 is 12.8 Å². The molecule has 0 spiro atoms. The van der Waals surface area contributed by atoms with Crippen LogP contribution in [0, 0.1) is 6.92 Å². The summed E-state index contributed by atoms with van der Waals surface area (Å²) in [4.78, 5) is 0.0270. The van der Waals surface area contributed by atoms with Crippen LogP contribution in [0.25, 0.3) is 11.0 Å². The van der Waals surface area contributed by atoms with Gasteiger partial charge in [-0.3, -0.25) is 0 Å². The van der Waals surface area contributed by atoms with Gasteiger partial charge in [0.25, 0.3) is 9.05 Å². The number of hydrogen-bond acceptors (Lipinski definition) is 3. The van der Waals surface area contributed by atoms with Crippen LogP contribution in [-0.2, 0) is 9.05 Å². The maximum absolute atomic E-state index is 11.2. The molecule has 74 valence electrons. The third-order valence-electron chi connectivity index (χ3n) is 1.92. The third kappa shape index (κ3) is 1.51. The highest BCUT2D eigenvalue weighted by atomic mass is 35.7. The van der Waals surface area contributed by atoms with Crippen molar-refractivity contribution in [3.63, 3.8) is 0 Å². The monoisotopic (exact) mass is 230 g/mol. The zero-order valence-electron chi connectivity index (χ0n) is 7.32. The van der Waals surface area contributed by atoms with Gasteiger partial charge in [0.1, 0.15) is 4.90 Å². The van der Waals surface area contributed by atoms with E-state index in [1.165, 1.54) is 12.3 Å². The summed E-state index contributed by atoms with van der Waals surface area (Å²) in [6.07, 6.45) is 1.44. The number of hydrogen-bond donors (Lipinski definition) is 0. The Hall–Kier alpha value is -1.00. The molecule has 2 aromatic rings. The Kier molecular flexibility index (Phi) is 2.05. The van der Waals surface area contributed by atoms with Gasteiger partial charge in [-0.05, 0) is 30.7 Å². The molecule has 1 heterocycles. The van der Waals surface area contributed by atoms with Crippen LogP contribution >= 0.6 is 10.7 Å². The Morgan fingerprint density at radius 2 is 2.07 bits per heavy atom. The fraction of sp³-hybridized carbons (Fsp3) is 0.111. The highest BCUT2D eigenvalue weighted by molar-refractivity contribution is 8.13. The molecule has 0 N–H and O–H groups in total. The van der Waals surface area contributed by atoms with E-state index >= 15 is 0 Å². The predicted molar refractivity (Wildman–Crippen MR) is 54.0 cm³/mol. The van der Waals surface area contributed by atoms with Gasteiger partial charge >= 0.3 is 0 Å². The molecule has 1 aromatic carbocycles. The lowest BCUT2D eigenvalue weighted by Crippen LogP contribution is -1.91. The van der Waals surface area contributed by atoms with E-state index in [-0.39, 0.29) is 4.90 Å². The molecule has 1 aromatic heterocycles. The molecule has 0 fully saturated rings. The third-order valence-corrected chi connectivity index (χ3v) is 3.25. The first-order chi connectivity index (χ1) is 6.48. The molecule has 2 rings (SSSR count). The van der Waals surface area contributed by atoms with Gasteiger partial charge < -0.3 is 4.42 Å². The average Bonchev–Trinajstić information content (AvgIpc) is 2.47. The van der Waals surface area contributed by atoms with Crippen molar-refractivity contribution in [2.24, 2.45) is 0 Å². The second-order valence-corrected chi connectivity index (χ2v) is 5.57. The van der Waals surface area contributed by atoms with E-state index in [1.54, 1.807) is 13.0 Å². The van der Waals surface area contributed by atoms with Crippen LogP contribution in [0.4, 0.5) is 0 Å². The van der Waals surface area contributed by atoms with E-state index in [2.05, 4.69) is 0 Å². The van der Waals surface area contributed by atoms with E-state index in [1.807, 2.05) is 6.07 Å². The quantitative estimate of drug-likeness (QED) is 0.708. The summed E-state index contributed by atoms with van der Waals surface area (Å²) in [6, 6.07) is 5.03. The lowest BCUT2D eigenvalue weighted by atomic mass is 10.2. The van der Waals surface area contributed by atoms with Gasteiger partial charge in [-0.25, -0.2) is 8.42 Å². The minimum Gasteiger partial charge on any atom is -0.463 e. The molecule has 0 bridgehead atoms. The van der Waals surface area contributed by atoms with Crippen molar-refractivity contribution in [3.05, 3.63) is 30.0 Å². The maximum atomic E-state index is 11.2. The minimum atomic E-state index is -3.74. The van der Waals surface area contributed by atoms with Gasteiger partial charge in [-0.15, -0.1) is 0 Å². The van der Waals surface area contributed by atoms with E-state index in [4.69, 9.17) is 15.1 Å². The highest BCUT2D eigenvalue weighted by Crippen LogP contribution is 2.27. The molecule has 0 amide bonds. The lowest BCUT2D eigenvalue weighted by molar-refractivity contribution is 0.593. The minimum absolute atomic E-state index is 0.0270. The molecule has 0 unspecified atom stereocenters. The number of rotatable bonds is 1. The first-order valence-corrected chi connectivity index (χ1v) is 6.22. The van der Waals surface area contributed by atoms with Crippen molar-refractivity contribution in [1.29, 1.82) is 0 Å². The second-order valence-electron chi connectivity index (χ2n) is 3.04. The molecule has 0 aliphatic carbocycles. The van der Waals surface area contributed by atoms with Crippen LogP contribution < -0.4 is 0 Å². The molecule has 0 aliphatic heterocycles. The van der Waals surface area contributed by atoms with E-state index in [0.717, 1.165) is 10.9 Å². The van der Waals surface area contributed by atoms with E-state index < -0.39 is 9.05 Å². The molecule has 0 radical (unpaired) electrons. The van der Waals surface area contributed by atoms with Crippen LogP contribution in [-0.4, -0.2) is 8.42 Å².